The first kappa shape index (κ1) is 25.7. The van der Waals surface area contributed by atoms with E-state index >= 15 is 0 Å². The second-order valence-electron chi connectivity index (χ2n) is 8.62. The van der Waals surface area contributed by atoms with Crippen LogP contribution < -0.4 is 10.1 Å². The van der Waals surface area contributed by atoms with Crippen molar-refractivity contribution in [1.82, 2.24) is 24.9 Å². The predicted molar refractivity (Wildman–Crippen MR) is 128 cm³/mol. The SMILES string of the molecule is COc1nn(C)cc1C(=O)N1CCN(CCNC(=O)Cc2ccc(S(=O)(=O)C(C)C)cc2)CC1. The summed E-state index contributed by atoms with van der Waals surface area (Å²) in [4.78, 5) is 29.3. The zero-order valence-electron chi connectivity index (χ0n) is 20.2. The van der Waals surface area contributed by atoms with Crippen LogP contribution in [0.5, 0.6) is 5.88 Å². The smallest absolute Gasteiger partial charge is 0.261 e. The highest BCUT2D eigenvalue weighted by Crippen LogP contribution is 2.19. The monoisotopic (exact) mass is 491 g/mol. The van der Waals surface area contributed by atoms with Gasteiger partial charge in [0.15, 0.2) is 9.84 Å². The fourth-order valence-corrected chi connectivity index (χ4v) is 4.84. The van der Waals surface area contributed by atoms with E-state index in [2.05, 4.69) is 15.3 Å². The molecule has 2 aromatic rings. The second kappa shape index (κ2) is 11.0. The van der Waals surface area contributed by atoms with Gasteiger partial charge in [0, 0.05) is 52.5 Å². The maximum atomic E-state index is 12.8. The van der Waals surface area contributed by atoms with Crippen LogP contribution in [0.4, 0.5) is 0 Å². The number of nitrogens with one attached hydrogen (secondary N) is 1. The molecule has 0 saturated carbocycles. The van der Waals surface area contributed by atoms with Crippen molar-refractivity contribution >= 4 is 21.7 Å². The van der Waals surface area contributed by atoms with E-state index in [0.29, 0.717) is 37.6 Å². The highest BCUT2D eigenvalue weighted by molar-refractivity contribution is 7.92. The third-order valence-corrected chi connectivity index (χ3v) is 8.04. The fraction of sp³-hybridized carbons (Fsp3) is 0.522. The summed E-state index contributed by atoms with van der Waals surface area (Å²) in [6.07, 6.45) is 1.86. The Labute approximate surface area is 200 Å². The largest absolute Gasteiger partial charge is 0.479 e. The van der Waals surface area contributed by atoms with Gasteiger partial charge >= 0.3 is 0 Å². The molecular formula is C23H33N5O5S. The molecule has 1 aliphatic heterocycles. The Morgan fingerprint density at radius 1 is 1.12 bits per heavy atom. The summed E-state index contributed by atoms with van der Waals surface area (Å²) >= 11 is 0. The Morgan fingerprint density at radius 2 is 1.76 bits per heavy atom. The van der Waals surface area contributed by atoms with Crippen molar-refractivity contribution < 1.29 is 22.7 Å². The first-order valence-electron chi connectivity index (χ1n) is 11.3. The number of hydrogen-bond donors (Lipinski definition) is 1. The summed E-state index contributed by atoms with van der Waals surface area (Å²) in [5.41, 5.74) is 1.22. The van der Waals surface area contributed by atoms with Crippen molar-refractivity contribution in [3.63, 3.8) is 0 Å². The van der Waals surface area contributed by atoms with Gasteiger partial charge in [0.05, 0.1) is 23.7 Å². The van der Waals surface area contributed by atoms with E-state index in [1.165, 1.54) is 7.11 Å². The van der Waals surface area contributed by atoms with Crippen molar-refractivity contribution in [3.05, 3.63) is 41.6 Å². The summed E-state index contributed by atoms with van der Waals surface area (Å²) in [6, 6.07) is 6.48. The molecule has 2 heterocycles. The van der Waals surface area contributed by atoms with Crippen LogP contribution in [-0.4, -0.2) is 91.4 Å². The lowest BCUT2D eigenvalue weighted by atomic mass is 10.1. The van der Waals surface area contributed by atoms with Crippen molar-refractivity contribution in [2.45, 2.75) is 30.4 Å². The molecule has 11 heteroatoms. The van der Waals surface area contributed by atoms with Gasteiger partial charge in [-0.1, -0.05) is 12.1 Å². The zero-order chi connectivity index (χ0) is 24.9. The minimum Gasteiger partial charge on any atom is -0.479 e. The van der Waals surface area contributed by atoms with Crippen LogP contribution in [-0.2, 0) is 28.1 Å². The van der Waals surface area contributed by atoms with Crippen LogP contribution in [0.25, 0.3) is 0 Å². The van der Waals surface area contributed by atoms with Crippen molar-refractivity contribution in [2.75, 3.05) is 46.4 Å². The lowest BCUT2D eigenvalue weighted by Gasteiger charge is -2.34. The minimum atomic E-state index is -3.32. The van der Waals surface area contributed by atoms with E-state index in [4.69, 9.17) is 4.74 Å². The van der Waals surface area contributed by atoms with Crippen molar-refractivity contribution in [2.24, 2.45) is 7.05 Å². The average molecular weight is 492 g/mol. The summed E-state index contributed by atoms with van der Waals surface area (Å²) < 4.78 is 31.2. The molecule has 0 atom stereocenters. The molecule has 186 valence electrons. The van der Waals surface area contributed by atoms with Crippen LogP contribution in [0.3, 0.4) is 0 Å². The van der Waals surface area contributed by atoms with Crippen molar-refractivity contribution in [1.29, 1.82) is 0 Å². The number of carbonyl (C=O) groups excluding carboxylic acids is 2. The number of benzene rings is 1. The highest BCUT2D eigenvalue weighted by atomic mass is 32.2. The van der Waals surface area contributed by atoms with Crippen LogP contribution in [0.15, 0.2) is 35.4 Å². The quantitative estimate of drug-likeness (QED) is 0.550. The van der Waals surface area contributed by atoms with Gasteiger partial charge in [-0.3, -0.25) is 19.2 Å². The molecule has 1 aliphatic rings. The van der Waals surface area contributed by atoms with E-state index in [1.54, 1.807) is 60.9 Å². The van der Waals surface area contributed by atoms with Gasteiger partial charge in [-0.25, -0.2) is 8.42 Å². The van der Waals surface area contributed by atoms with Gasteiger partial charge in [-0.15, -0.1) is 5.10 Å². The lowest BCUT2D eigenvalue weighted by Crippen LogP contribution is -2.50. The number of nitrogens with zero attached hydrogens (tertiary/aromatic N) is 4. The standard InChI is InChI=1S/C23H33N5O5S/c1-17(2)34(31,32)19-7-5-18(6-8-19)15-21(29)24-9-10-27-11-13-28(14-12-27)23(30)20-16-26(3)25-22(20)33-4/h5-8,16-17H,9-15H2,1-4H3,(H,24,29). The first-order chi connectivity index (χ1) is 16.1. The van der Waals surface area contributed by atoms with Gasteiger partial charge in [0.2, 0.25) is 11.8 Å². The number of methoxy groups -OCH3 is 1. The first-order valence-corrected chi connectivity index (χ1v) is 12.8. The van der Waals surface area contributed by atoms with E-state index in [-0.39, 0.29) is 23.1 Å². The van der Waals surface area contributed by atoms with Gasteiger partial charge in [-0.2, -0.15) is 0 Å². The number of ether oxygens (including phenoxy) is 1. The number of amides is 2. The Hall–Kier alpha value is -2.92. The molecule has 0 unspecified atom stereocenters. The number of rotatable bonds is 9. The molecule has 1 fully saturated rings. The second-order valence-corrected chi connectivity index (χ2v) is 11.1. The van der Waals surface area contributed by atoms with Gasteiger partial charge < -0.3 is 15.0 Å². The summed E-state index contributed by atoms with van der Waals surface area (Å²) in [6.45, 7) is 7.11. The third kappa shape index (κ3) is 6.15. The maximum Gasteiger partial charge on any atom is 0.261 e. The Balaban J connectivity index is 1.40. The normalized spacial score (nSPS) is 14.9. The maximum absolute atomic E-state index is 12.8. The molecule has 0 spiro atoms. The summed E-state index contributed by atoms with van der Waals surface area (Å²) in [5.74, 6) is 0.121. The molecule has 1 aromatic heterocycles. The van der Waals surface area contributed by atoms with Crippen LogP contribution in [0, 0.1) is 0 Å². The fourth-order valence-electron chi connectivity index (χ4n) is 3.78. The summed E-state index contributed by atoms with van der Waals surface area (Å²) in [7, 11) is -0.0719. The molecule has 0 bridgehead atoms. The summed E-state index contributed by atoms with van der Waals surface area (Å²) in [5, 5.41) is 6.56. The van der Waals surface area contributed by atoms with Crippen LogP contribution in [0.1, 0.15) is 29.8 Å². The average Bonchev–Trinajstić information content (AvgIpc) is 3.20. The number of carbonyl (C=O) groups is 2. The van der Waals surface area contributed by atoms with Gasteiger partial charge in [-0.05, 0) is 31.5 Å². The molecule has 1 saturated heterocycles. The molecule has 34 heavy (non-hydrogen) atoms. The Bertz CT molecular complexity index is 1100. The van der Waals surface area contributed by atoms with Crippen LogP contribution >= 0.6 is 0 Å². The highest BCUT2D eigenvalue weighted by Gasteiger charge is 2.26. The molecule has 1 N–H and O–H groups in total. The van der Waals surface area contributed by atoms with Crippen LogP contribution in [0.2, 0.25) is 0 Å². The number of sulfone groups is 1. The molecule has 1 aromatic carbocycles. The molecule has 10 nitrogen and oxygen atoms in total. The number of aromatic nitrogens is 2. The number of aryl methyl sites for hydroxylation is 1. The third-order valence-electron chi connectivity index (χ3n) is 5.87. The molecular weight excluding hydrogens is 458 g/mol. The Kier molecular flexibility index (Phi) is 8.32. The topological polar surface area (TPSA) is 114 Å². The molecule has 0 radical (unpaired) electrons. The molecule has 0 aliphatic carbocycles. The van der Waals surface area contributed by atoms with E-state index in [0.717, 1.165) is 18.7 Å². The lowest BCUT2D eigenvalue weighted by molar-refractivity contribution is -0.120. The van der Waals surface area contributed by atoms with E-state index in [9.17, 15) is 18.0 Å². The molecule has 2 amide bonds. The van der Waals surface area contributed by atoms with E-state index in [1.807, 2.05) is 0 Å². The zero-order valence-corrected chi connectivity index (χ0v) is 21.0. The predicted octanol–water partition coefficient (Wildman–Crippen LogP) is 0.728. The van der Waals surface area contributed by atoms with Gasteiger partial charge in [0.25, 0.3) is 5.91 Å². The molecule has 3 rings (SSSR count). The van der Waals surface area contributed by atoms with E-state index < -0.39 is 15.1 Å². The minimum absolute atomic E-state index is 0.0925. The number of piperazine rings is 1. The van der Waals surface area contributed by atoms with Crippen molar-refractivity contribution in [3.8, 4) is 5.88 Å². The van der Waals surface area contributed by atoms with Gasteiger partial charge in [0.1, 0.15) is 5.56 Å². The Morgan fingerprint density at radius 3 is 2.35 bits per heavy atom. The number of hydrogen-bond acceptors (Lipinski definition) is 7.